The highest BCUT2D eigenvalue weighted by Gasteiger charge is 2.34. The quantitative estimate of drug-likeness (QED) is 0.537. The predicted octanol–water partition coefficient (Wildman–Crippen LogP) is 4.96. The number of carbonyl (C=O) groups excluding carboxylic acids is 3. The second kappa shape index (κ2) is 7.44. The molecule has 0 atom stereocenters. The Morgan fingerprint density at radius 2 is 1.43 bits per heavy atom. The van der Waals surface area contributed by atoms with Crippen LogP contribution in [0.3, 0.4) is 0 Å². The normalized spacial score (nSPS) is 12.3. The van der Waals surface area contributed by atoms with Gasteiger partial charge in [0.1, 0.15) is 0 Å². The molecule has 0 saturated carbocycles. The molecule has 0 saturated heterocycles. The van der Waals surface area contributed by atoms with Gasteiger partial charge in [0.15, 0.2) is 11.6 Å². The van der Waals surface area contributed by atoms with E-state index in [-0.39, 0.29) is 29.5 Å². The van der Waals surface area contributed by atoms with Crippen LogP contribution in [-0.2, 0) is 4.79 Å². The summed E-state index contributed by atoms with van der Waals surface area (Å²) in [7, 11) is 0. The van der Waals surface area contributed by atoms with Crippen LogP contribution in [0.1, 0.15) is 45.2 Å². The van der Waals surface area contributed by atoms with Crippen molar-refractivity contribution in [1.82, 2.24) is 0 Å². The van der Waals surface area contributed by atoms with Gasteiger partial charge in [-0.2, -0.15) is 0 Å². The van der Waals surface area contributed by atoms with Gasteiger partial charge in [0.25, 0.3) is 0 Å². The molecule has 0 spiro atoms. The minimum atomic E-state index is -0.243. The second-order valence-electron chi connectivity index (χ2n) is 6.38. The summed E-state index contributed by atoms with van der Waals surface area (Å²) in [6.07, 6.45) is 0.286. The summed E-state index contributed by atoms with van der Waals surface area (Å²) in [4.78, 5) is 40.2. The molecule has 3 aromatic carbocycles. The standard InChI is InChI=1S/C23H17NO3S/c1-2-19(25)24-17-12-13-18(28-14-8-4-3-5-9-14)21-20(17)22(26)15-10-6-7-11-16(15)23(21)27/h3-13H,2H2,1H3,(H,24,25). The number of hydrogen-bond donors (Lipinski definition) is 1. The van der Waals surface area contributed by atoms with Gasteiger partial charge in [-0.25, -0.2) is 0 Å². The van der Waals surface area contributed by atoms with E-state index >= 15 is 0 Å². The van der Waals surface area contributed by atoms with Crippen molar-refractivity contribution in [2.75, 3.05) is 5.32 Å². The summed E-state index contributed by atoms with van der Waals surface area (Å²) >= 11 is 1.43. The molecule has 0 radical (unpaired) electrons. The fourth-order valence-electron chi connectivity index (χ4n) is 3.24. The summed E-state index contributed by atoms with van der Waals surface area (Å²) in [6.45, 7) is 1.74. The van der Waals surface area contributed by atoms with E-state index < -0.39 is 0 Å². The Balaban J connectivity index is 1.91. The lowest BCUT2D eigenvalue weighted by Gasteiger charge is -2.22. The van der Waals surface area contributed by atoms with Crippen molar-refractivity contribution in [1.29, 1.82) is 0 Å². The first-order valence-corrected chi connectivity index (χ1v) is 9.80. The van der Waals surface area contributed by atoms with Gasteiger partial charge in [0.05, 0.1) is 11.3 Å². The van der Waals surface area contributed by atoms with Crippen molar-refractivity contribution in [2.45, 2.75) is 23.1 Å². The Kier molecular flexibility index (Phi) is 4.84. The molecule has 0 unspecified atom stereocenters. The van der Waals surface area contributed by atoms with Gasteiger partial charge < -0.3 is 5.32 Å². The molecule has 5 heteroatoms. The molecule has 0 aliphatic heterocycles. The first-order valence-electron chi connectivity index (χ1n) is 8.98. The number of benzene rings is 3. The van der Waals surface area contributed by atoms with Gasteiger partial charge in [0.2, 0.25) is 5.91 Å². The number of ketones is 2. The minimum Gasteiger partial charge on any atom is -0.325 e. The molecule has 1 aliphatic carbocycles. The van der Waals surface area contributed by atoms with Crippen LogP contribution >= 0.6 is 11.8 Å². The number of fused-ring (bicyclic) bond motifs is 2. The van der Waals surface area contributed by atoms with Crippen molar-refractivity contribution in [2.24, 2.45) is 0 Å². The lowest BCUT2D eigenvalue weighted by atomic mass is 9.83. The van der Waals surface area contributed by atoms with Crippen LogP contribution in [0.2, 0.25) is 0 Å². The van der Waals surface area contributed by atoms with Crippen LogP contribution in [0, 0.1) is 0 Å². The lowest BCUT2D eigenvalue weighted by Crippen LogP contribution is -2.24. The summed E-state index contributed by atoms with van der Waals surface area (Å²) < 4.78 is 0. The third kappa shape index (κ3) is 3.14. The highest BCUT2D eigenvalue weighted by molar-refractivity contribution is 7.99. The molecule has 1 amide bonds. The third-order valence-electron chi connectivity index (χ3n) is 4.60. The maximum Gasteiger partial charge on any atom is 0.224 e. The zero-order valence-electron chi connectivity index (χ0n) is 15.2. The molecule has 4 rings (SSSR count). The summed E-state index contributed by atoms with van der Waals surface area (Å²) in [5.41, 5.74) is 1.77. The SMILES string of the molecule is CCC(=O)Nc1ccc(Sc2ccccc2)c2c1C(=O)c1ccccc1C2=O. The van der Waals surface area contributed by atoms with Crippen molar-refractivity contribution in [3.63, 3.8) is 0 Å². The Morgan fingerprint density at radius 1 is 0.821 bits per heavy atom. The summed E-state index contributed by atoms with van der Waals surface area (Å²) in [5.74, 6) is -0.645. The maximum absolute atomic E-state index is 13.3. The molecular formula is C23H17NO3S. The van der Waals surface area contributed by atoms with E-state index in [9.17, 15) is 14.4 Å². The Bertz CT molecular complexity index is 1110. The van der Waals surface area contributed by atoms with Gasteiger partial charge in [-0.1, -0.05) is 61.2 Å². The highest BCUT2D eigenvalue weighted by Crippen LogP contribution is 2.40. The van der Waals surface area contributed by atoms with Gasteiger partial charge in [0, 0.05) is 32.9 Å². The van der Waals surface area contributed by atoms with Crippen LogP contribution in [0.4, 0.5) is 5.69 Å². The molecule has 4 nitrogen and oxygen atoms in total. The van der Waals surface area contributed by atoms with Crippen LogP contribution < -0.4 is 5.32 Å². The van der Waals surface area contributed by atoms with Gasteiger partial charge in [-0.3, -0.25) is 14.4 Å². The fourth-order valence-corrected chi connectivity index (χ4v) is 4.22. The highest BCUT2D eigenvalue weighted by atomic mass is 32.2. The molecule has 0 heterocycles. The van der Waals surface area contributed by atoms with E-state index in [0.717, 1.165) is 4.90 Å². The van der Waals surface area contributed by atoms with Gasteiger partial charge >= 0.3 is 0 Å². The average molecular weight is 387 g/mol. The number of nitrogens with one attached hydrogen (secondary N) is 1. The summed E-state index contributed by atoms with van der Waals surface area (Å²) in [5, 5.41) is 2.77. The molecule has 1 aliphatic rings. The zero-order chi connectivity index (χ0) is 19.7. The Labute approximate surface area is 167 Å². The smallest absolute Gasteiger partial charge is 0.224 e. The minimum absolute atomic E-state index is 0.198. The number of amides is 1. The van der Waals surface area contributed by atoms with Crippen LogP contribution in [0.25, 0.3) is 0 Å². The van der Waals surface area contributed by atoms with Crippen LogP contribution in [0.5, 0.6) is 0 Å². The van der Waals surface area contributed by atoms with Crippen molar-refractivity contribution < 1.29 is 14.4 Å². The first-order chi connectivity index (χ1) is 13.6. The van der Waals surface area contributed by atoms with E-state index in [1.807, 2.05) is 30.3 Å². The predicted molar refractivity (Wildman–Crippen MR) is 109 cm³/mol. The topological polar surface area (TPSA) is 63.2 Å². The fraction of sp³-hybridized carbons (Fsp3) is 0.0870. The monoisotopic (exact) mass is 387 g/mol. The Morgan fingerprint density at radius 3 is 2.07 bits per heavy atom. The van der Waals surface area contributed by atoms with Gasteiger partial charge in [-0.15, -0.1) is 0 Å². The number of carbonyl (C=O) groups is 3. The van der Waals surface area contributed by atoms with E-state index in [4.69, 9.17) is 0 Å². The molecule has 0 aromatic heterocycles. The first kappa shape index (κ1) is 18.2. The Hall–Kier alpha value is -3.18. The largest absolute Gasteiger partial charge is 0.325 e. The van der Waals surface area contributed by atoms with E-state index in [0.29, 0.717) is 27.3 Å². The molecule has 138 valence electrons. The van der Waals surface area contributed by atoms with E-state index in [2.05, 4.69) is 5.32 Å². The van der Waals surface area contributed by atoms with E-state index in [1.165, 1.54) is 11.8 Å². The average Bonchev–Trinajstić information content (AvgIpc) is 2.73. The van der Waals surface area contributed by atoms with Crippen molar-refractivity contribution in [3.8, 4) is 0 Å². The van der Waals surface area contributed by atoms with Crippen LogP contribution in [0.15, 0.2) is 76.5 Å². The molecule has 1 N–H and O–H groups in total. The summed E-state index contributed by atoms with van der Waals surface area (Å²) in [6, 6.07) is 20.0. The number of hydrogen-bond acceptors (Lipinski definition) is 4. The van der Waals surface area contributed by atoms with Crippen molar-refractivity contribution in [3.05, 3.63) is 89.0 Å². The second-order valence-corrected chi connectivity index (χ2v) is 7.50. The third-order valence-corrected chi connectivity index (χ3v) is 5.67. The van der Waals surface area contributed by atoms with E-state index in [1.54, 1.807) is 43.3 Å². The molecule has 3 aromatic rings. The van der Waals surface area contributed by atoms with Crippen LogP contribution in [-0.4, -0.2) is 17.5 Å². The number of anilines is 1. The van der Waals surface area contributed by atoms with Gasteiger partial charge in [-0.05, 0) is 24.3 Å². The molecular weight excluding hydrogens is 370 g/mol. The molecule has 0 fully saturated rings. The number of rotatable bonds is 4. The maximum atomic E-state index is 13.3. The lowest BCUT2D eigenvalue weighted by molar-refractivity contribution is -0.115. The van der Waals surface area contributed by atoms with Crippen molar-refractivity contribution >= 4 is 34.9 Å². The zero-order valence-corrected chi connectivity index (χ0v) is 16.0. The molecule has 0 bridgehead atoms. The molecule has 28 heavy (non-hydrogen) atoms.